The van der Waals surface area contributed by atoms with Crippen molar-refractivity contribution < 1.29 is 14.6 Å². The van der Waals surface area contributed by atoms with Gasteiger partial charge in [0.2, 0.25) is 0 Å². The van der Waals surface area contributed by atoms with Gasteiger partial charge in [-0.3, -0.25) is 4.79 Å². The quantitative estimate of drug-likeness (QED) is 0.767. The maximum atomic E-state index is 10.9. The summed E-state index contributed by atoms with van der Waals surface area (Å²) in [6.07, 6.45) is 6.57. The first kappa shape index (κ1) is 16.4. The summed E-state index contributed by atoms with van der Waals surface area (Å²) in [6, 6.07) is 7.66. The fourth-order valence-corrected chi connectivity index (χ4v) is 3.04. The molecule has 0 amide bonds. The van der Waals surface area contributed by atoms with Crippen LogP contribution >= 0.6 is 0 Å². The third kappa shape index (κ3) is 5.11. The van der Waals surface area contributed by atoms with Crippen molar-refractivity contribution in [3.63, 3.8) is 0 Å². The van der Waals surface area contributed by atoms with E-state index < -0.39 is 5.97 Å². The molecule has 3 nitrogen and oxygen atoms in total. The van der Waals surface area contributed by atoms with Gasteiger partial charge in [-0.15, -0.1) is 5.92 Å². The topological polar surface area (TPSA) is 46.5 Å². The highest BCUT2D eigenvalue weighted by atomic mass is 16.5. The van der Waals surface area contributed by atoms with Crippen molar-refractivity contribution in [2.45, 2.75) is 51.4 Å². The first-order chi connectivity index (χ1) is 10.7. The van der Waals surface area contributed by atoms with Crippen molar-refractivity contribution in [1.82, 2.24) is 0 Å². The zero-order valence-corrected chi connectivity index (χ0v) is 13.2. The summed E-state index contributed by atoms with van der Waals surface area (Å²) >= 11 is 0. The minimum Gasteiger partial charge on any atom is -0.494 e. The summed E-state index contributed by atoms with van der Waals surface area (Å²) in [5.74, 6) is 6.36. The average Bonchev–Trinajstić information content (AvgIpc) is 3.00. The van der Waals surface area contributed by atoms with Gasteiger partial charge >= 0.3 is 5.97 Å². The van der Waals surface area contributed by atoms with Crippen LogP contribution in [0.15, 0.2) is 24.3 Å². The Morgan fingerprint density at radius 1 is 1.32 bits per heavy atom. The third-order valence-electron chi connectivity index (χ3n) is 4.25. The highest BCUT2D eigenvalue weighted by Crippen LogP contribution is 2.28. The zero-order valence-electron chi connectivity index (χ0n) is 13.2. The largest absolute Gasteiger partial charge is 0.494 e. The number of benzene rings is 1. The molecule has 0 unspecified atom stereocenters. The number of hydrogen-bond acceptors (Lipinski definition) is 2. The van der Waals surface area contributed by atoms with Crippen molar-refractivity contribution in [2.24, 2.45) is 5.92 Å². The third-order valence-corrected chi connectivity index (χ3v) is 4.25. The fraction of sp³-hybridized carbons (Fsp3) is 0.526. The van der Waals surface area contributed by atoms with Crippen LogP contribution in [0.1, 0.15) is 56.9 Å². The first-order valence-electron chi connectivity index (χ1n) is 8.06. The Bertz CT molecular complexity index is 530. The summed E-state index contributed by atoms with van der Waals surface area (Å²) in [6.45, 7) is 2.49. The molecule has 1 atom stereocenters. The summed E-state index contributed by atoms with van der Waals surface area (Å²) in [4.78, 5) is 10.9. The molecule has 0 spiro atoms. The van der Waals surface area contributed by atoms with E-state index in [0.717, 1.165) is 30.3 Å². The second-order valence-electron chi connectivity index (χ2n) is 5.90. The van der Waals surface area contributed by atoms with Crippen LogP contribution in [0.3, 0.4) is 0 Å². The smallest absolute Gasteiger partial charge is 0.304 e. The molecular formula is C19H24O3. The number of carboxylic acid groups (broad SMARTS) is 1. The molecule has 1 aliphatic carbocycles. The summed E-state index contributed by atoms with van der Waals surface area (Å²) in [5, 5.41) is 8.95. The van der Waals surface area contributed by atoms with Gasteiger partial charge in [0.15, 0.2) is 0 Å². The first-order valence-corrected chi connectivity index (χ1v) is 8.06. The molecule has 1 aromatic carbocycles. The van der Waals surface area contributed by atoms with E-state index in [1.807, 2.05) is 24.3 Å². The molecule has 1 aliphatic rings. The van der Waals surface area contributed by atoms with Crippen LogP contribution in [-0.4, -0.2) is 17.7 Å². The SMILES string of the molecule is CC#C[C@@H](CC(=O)O)c1ccc(OCCC2CCCC2)cc1. The molecule has 0 radical (unpaired) electrons. The van der Waals surface area contributed by atoms with Gasteiger partial charge in [-0.2, -0.15) is 0 Å². The predicted molar refractivity (Wildman–Crippen MR) is 87.0 cm³/mol. The molecule has 0 aromatic heterocycles. The van der Waals surface area contributed by atoms with Gasteiger partial charge in [-0.05, 0) is 37.0 Å². The minimum atomic E-state index is -0.829. The molecular weight excluding hydrogens is 276 g/mol. The molecule has 118 valence electrons. The number of hydrogen-bond donors (Lipinski definition) is 1. The number of rotatable bonds is 7. The van der Waals surface area contributed by atoms with Gasteiger partial charge in [0.25, 0.3) is 0 Å². The maximum Gasteiger partial charge on any atom is 0.304 e. The number of carbonyl (C=O) groups is 1. The second-order valence-corrected chi connectivity index (χ2v) is 5.90. The molecule has 1 saturated carbocycles. The van der Waals surface area contributed by atoms with Crippen molar-refractivity contribution in [3.8, 4) is 17.6 Å². The Balaban J connectivity index is 1.87. The lowest BCUT2D eigenvalue weighted by molar-refractivity contribution is -0.137. The van der Waals surface area contributed by atoms with E-state index in [0.29, 0.717) is 0 Å². The van der Waals surface area contributed by atoms with Crippen LogP contribution in [-0.2, 0) is 4.79 Å². The van der Waals surface area contributed by atoms with Gasteiger partial charge in [-0.1, -0.05) is 43.7 Å². The molecule has 1 N–H and O–H groups in total. The lowest BCUT2D eigenvalue weighted by Gasteiger charge is -2.12. The highest BCUT2D eigenvalue weighted by molar-refractivity contribution is 5.69. The van der Waals surface area contributed by atoms with Gasteiger partial charge in [-0.25, -0.2) is 0 Å². The number of carboxylic acids is 1. The second kappa shape index (κ2) is 8.48. The van der Waals surface area contributed by atoms with Crippen molar-refractivity contribution in [2.75, 3.05) is 6.61 Å². The van der Waals surface area contributed by atoms with Crippen LogP contribution < -0.4 is 4.74 Å². The molecule has 0 aliphatic heterocycles. The summed E-state index contributed by atoms with van der Waals surface area (Å²) in [7, 11) is 0. The van der Waals surface area contributed by atoms with E-state index in [-0.39, 0.29) is 12.3 Å². The van der Waals surface area contributed by atoms with Gasteiger partial charge < -0.3 is 9.84 Å². The highest BCUT2D eigenvalue weighted by Gasteiger charge is 2.15. The van der Waals surface area contributed by atoms with Crippen molar-refractivity contribution in [3.05, 3.63) is 29.8 Å². The van der Waals surface area contributed by atoms with E-state index in [2.05, 4.69) is 11.8 Å². The van der Waals surface area contributed by atoms with Gasteiger partial charge in [0, 0.05) is 0 Å². The summed E-state index contributed by atoms with van der Waals surface area (Å²) in [5.41, 5.74) is 0.930. The summed E-state index contributed by atoms with van der Waals surface area (Å²) < 4.78 is 5.79. The van der Waals surface area contributed by atoms with E-state index in [1.165, 1.54) is 25.7 Å². The molecule has 1 fully saturated rings. The lowest BCUT2D eigenvalue weighted by atomic mass is 9.96. The van der Waals surface area contributed by atoms with E-state index in [9.17, 15) is 4.79 Å². The van der Waals surface area contributed by atoms with Gasteiger partial charge in [0.05, 0.1) is 18.9 Å². The Kier molecular flexibility index (Phi) is 6.33. The lowest BCUT2D eigenvalue weighted by Crippen LogP contribution is -2.05. The minimum absolute atomic E-state index is 0.0305. The normalized spacial score (nSPS) is 15.9. The molecule has 0 bridgehead atoms. The van der Waals surface area contributed by atoms with Gasteiger partial charge in [0.1, 0.15) is 5.75 Å². The Labute approximate surface area is 132 Å². The Morgan fingerprint density at radius 2 is 2.00 bits per heavy atom. The van der Waals surface area contributed by atoms with Crippen LogP contribution in [0, 0.1) is 17.8 Å². The molecule has 2 rings (SSSR count). The van der Waals surface area contributed by atoms with Crippen molar-refractivity contribution in [1.29, 1.82) is 0 Å². The van der Waals surface area contributed by atoms with Crippen LogP contribution in [0.2, 0.25) is 0 Å². The van der Waals surface area contributed by atoms with E-state index >= 15 is 0 Å². The molecule has 22 heavy (non-hydrogen) atoms. The monoisotopic (exact) mass is 300 g/mol. The van der Waals surface area contributed by atoms with Crippen LogP contribution in [0.25, 0.3) is 0 Å². The molecule has 3 heteroatoms. The Morgan fingerprint density at radius 3 is 2.59 bits per heavy atom. The Hall–Kier alpha value is -1.95. The number of ether oxygens (including phenoxy) is 1. The molecule has 0 heterocycles. The average molecular weight is 300 g/mol. The number of aliphatic carboxylic acids is 1. The van der Waals surface area contributed by atoms with E-state index in [4.69, 9.17) is 9.84 Å². The van der Waals surface area contributed by atoms with E-state index in [1.54, 1.807) is 6.92 Å². The van der Waals surface area contributed by atoms with Crippen molar-refractivity contribution >= 4 is 5.97 Å². The molecule has 1 aromatic rings. The van der Waals surface area contributed by atoms with Crippen LogP contribution in [0.5, 0.6) is 5.75 Å². The molecule has 0 saturated heterocycles. The zero-order chi connectivity index (χ0) is 15.8. The van der Waals surface area contributed by atoms with Crippen LogP contribution in [0.4, 0.5) is 0 Å². The maximum absolute atomic E-state index is 10.9. The standard InChI is InChI=1S/C19H24O3/c1-2-5-17(14-19(20)21)16-8-10-18(11-9-16)22-13-12-15-6-3-4-7-15/h8-11,15,17H,3-4,6-7,12-14H2,1H3,(H,20,21)/t17-/m0/s1. The predicted octanol–water partition coefficient (Wildman–Crippen LogP) is 4.23. The fourth-order valence-electron chi connectivity index (χ4n) is 3.04.